The number of rotatable bonds is 6. The molecule has 3 aromatic rings. The monoisotopic (exact) mass is 377 g/mol. The van der Waals surface area contributed by atoms with Gasteiger partial charge in [0.2, 0.25) is 5.88 Å². The van der Waals surface area contributed by atoms with Crippen LogP contribution >= 0.6 is 0 Å². The maximum absolute atomic E-state index is 13.7. The third kappa shape index (κ3) is 4.65. The first-order valence-corrected chi connectivity index (χ1v) is 8.43. The number of hydrogen-bond acceptors (Lipinski definition) is 6. The van der Waals surface area contributed by atoms with Crippen molar-refractivity contribution in [3.63, 3.8) is 0 Å². The van der Waals surface area contributed by atoms with E-state index >= 15 is 0 Å². The Labute approximate surface area is 160 Å². The van der Waals surface area contributed by atoms with E-state index in [9.17, 15) is 9.18 Å². The average Bonchev–Trinajstić information content (AvgIpc) is 2.73. The van der Waals surface area contributed by atoms with E-state index in [1.165, 1.54) is 18.3 Å². The predicted molar refractivity (Wildman–Crippen MR) is 98.8 cm³/mol. The molecule has 1 aromatic carbocycles. The van der Waals surface area contributed by atoms with Gasteiger partial charge in [-0.25, -0.2) is 19.3 Å². The van der Waals surface area contributed by atoms with Gasteiger partial charge < -0.3 is 10.1 Å². The Morgan fingerprint density at radius 2 is 2.04 bits per heavy atom. The first kappa shape index (κ1) is 18.9. The van der Waals surface area contributed by atoms with Crippen LogP contribution in [0, 0.1) is 17.1 Å². The summed E-state index contributed by atoms with van der Waals surface area (Å²) in [6.07, 6.45) is 4.50. The van der Waals surface area contributed by atoms with Gasteiger partial charge in [0.05, 0.1) is 17.2 Å². The molecule has 0 saturated heterocycles. The minimum absolute atomic E-state index is 0.134. The van der Waals surface area contributed by atoms with Gasteiger partial charge in [-0.1, -0.05) is 0 Å². The lowest BCUT2D eigenvalue weighted by Crippen LogP contribution is -2.37. The van der Waals surface area contributed by atoms with Gasteiger partial charge in [0.1, 0.15) is 18.5 Å². The van der Waals surface area contributed by atoms with E-state index in [2.05, 4.69) is 20.3 Å². The zero-order valence-corrected chi connectivity index (χ0v) is 15.0. The molecule has 1 amide bonds. The van der Waals surface area contributed by atoms with Crippen molar-refractivity contribution in [1.82, 2.24) is 20.3 Å². The Kier molecular flexibility index (Phi) is 5.87. The summed E-state index contributed by atoms with van der Waals surface area (Å²) in [5.74, 6) is -0.330. The zero-order valence-electron chi connectivity index (χ0n) is 15.0. The summed E-state index contributed by atoms with van der Waals surface area (Å²) in [6, 6.07) is 10.3. The van der Waals surface area contributed by atoms with Crippen LogP contribution in [0.25, 0.3) is 11.4 Å². The molecule has 0 aliphatic heterocycles. The molecule has 7 nitrogen and oxygen atoms in total. The quantitative estimate of drug-likeness (QED) is 0.709. The minimum Gasteiger partial charge on any atom is -0.475 e. The minimum atomic E-state index is -0.532. The Hall–Kier alpha value is -3.86. The lowest BCUT2D eigenvalue weighted by molar-refractivity contribution is 0.0926. The third-order valence-corrected chi connectivity index (χ3v) is 3.76. The molecule has 8 heteroatoms. The summed E-state index contributed by atoms with van der Waals surface area (Å²) in [7, 11) is 0. The highest BCUT2D eigenvalue weighted by Crippen LogP contribution is 2.21. The summed E-state index contributed by atoms with van der Waals surface area (Å²) in [5.41, 5.74) is 0.992. The second kappa shape index (κ2) is 8.68. The standard InChI is InChI=1S/C20H16FN5O2/c1-13(12-28-18-6-3-14(10-22)11-25-18)26-20(27)17-9-15(21)4-5-16(17)19-23-7-2-8-24-19/h2-9,11,13H,12H2,1H3,(H,26,27). The van der Waals surface area contributed by atoms with Gasteiger partial charge >= 0.3 is 0 Å². The van der Waals surface area contributed by atoms with Gasteiger partial charge in [-0.15, -0.1) is 0 Å². The third-order valence-electron chi connectivity index (χ3n) is 3.76. The first-order valence-electron chi connectivity index (χ1n) is 8.43. The maximum atomic E-state index is 13.7. The second-order valence-electron chi connectivity index (χ2n) is 5.94. The lowest BCUT2D eigenvalue weighted by atomic mass is 10.1. The number of nitriles is 1. The van der Waals surface area contributed by atoms with Crippen molar-refractivity contribution in [3.05, 3.63) is 71.9 Å². The van der Waals surface area contributed by atoms with Gasteiger partial charge in [-0.3, -0.25) is 4.79 Å². The molecule has 28 heavy (non-hydrogen) atoms. The molecule has 0 aliphatic carbocycles. The van der Waals surface area contributed by atoms with Crippen molar-refractivity contribution >= 4 is 5.91 Å². The number of aromatic nitrogens is 3. The fraction of sp³-hybridized carbons (Fsp3) is 0.150. The molecule has 0 radical (unpaired) electrons. The smallest absolute Gasteiger partial charge is 0.252 e. The van der Waals surface area contributed by atoms with Crippen LogP contribution in [0.1, 0.15) is 22.8 Å². The van der Waals surface area contributed by atoms with Crippen molar-refractivity contribution in [1.29, 1.82) is 5.26 Å². The van der Waals surface area contributed by atoms with E-state index in [0.29, 0.717) is 22.8 Å². The molecular formula is C20H16FN5O2. The number of carbonyl (C=O) groups is 1. The van der Waals surface area contributed by atoms with Crippen molar-refractivity contribution in [2.24, 2.45) is 0 Å². The van der Waals surface area contributed by atoms with Crippen molar-refractivity contribution < 1.29 is 13.9 Å². The molecule has 0 bridgehead atoms. The number of ether oxygens (including phenoxy) is 1. The fourth-order valence-electron chi connectivity index (χ4n) is 2.42. The summed E-state index contributed by atoms with van der Waals surface area (Å²) >= 11 is 0. The maximum Gasteiger partial charge on any atom is 0.252 e. The van der Waals surface area contributed by atoms with Gasteiger partial charge in [-0.05, 0) is 37.3 Å². The number of nitrogens with zero attached hydrogens (tertiary/aromatic N) is 4. The number of amides is 1. The number of nitrogens with one attached hydrogen (secondary N) is 1. The van der Waals surface area contributed by atoms with E-state index in [1.807, 2.05) is 6.07 Å². The number of carbonyl (C=O) groups excluding carboxylic acids is 1. The largest absolute Gasteiger partial charge is 0.475 e. The number of benzene rings is 1. The molecule has 3 rings (SSSR count). The molecule has 0 spiro atoms. The Balaban J connectivity index is 1.68. The van der Waals surface area contributed by atoms with Crippen LogP contribution in [0.5, 0.6) is 5.88 Å². The molecule has 0 aliphatic rings. The first-order chi connectivity index (χ1) is 13.6. The van der Waals surface area contributed by atoms with E-state index in [1.54, 1.807) is 37.5 Å². The van der Waals surface area contributed by atoms with Crippen LogP contribution in [0.4, 0.5) is 4.39 Å². The van der Waals surface area contributed by atoms with Crippen LogP contribution in [0.2, 0.25) is 0 Å². The molecular weight excluding hydrogens is 361 g/mol. The summed E-state index contributed by atoms with van der Waals surface area (Å²) < 4.78 is 19.2. The SMILES string of the molecule is CC(COc1ccc(C#N)cn1)NC(=O)c1cc(F)ccc1-c1ncccn1. The fourth-order valence-corrected chi connectivity index (χ4v) is 2.42. The summed E-state index contributed by atoms with van der Waals surface area (Å²) in [6.45, 7) is 1.90. The van der Waals surface area contributed by atoms with Crippen molar-refractivity contribution in [2.45, 2.75) is 13.0 Å². The molecule has 2 heterocycles. The molecule has 0 saturated carbocycles. The number of hydrogen-bond donors (Lipinski definition) is 1. The lowest BCUT2D eigenvalue weighted by Gasteiger charge is -2.16. The Morgan fingerprint density at radius 3 is 2.71 bits per heavy atom. The Bertz CT molecular complexity index is 1000. The number of halogens is 1. The Morgan fingerprint density at radius 1 is 1.25 bits per heavy atom. The molecule has 1 N–H and O–H groups in total. The number of pyridine rings is 1. The summed E-state index contributed by atoms with van der Waals surface area (Å²) in [4.78, 5) is 24.9. The van der Waals surface area contributed by atoms with Crippen LogP contribution in [-0.2, 0) is 0 Å². The van der Waals surface area contributed by atoms with Crippen LogP contribution < -0.4 is 10.1 Å². The molecule has 1 unspecified atom stereocenters. The van der Waals surface area contributed by atoms with Crippen LogP contribution in [0.15, 0.2) is 55.0 Å². The zero-order chi connectivity index (χ0) is 19.9. The highest BCUT2D eigenvalue weighted by molar-refractivity contribution is 6.00. The highest BCUT2D eigenvalue weighted by atomic mass is 19.1. The average molecular weight is 377 g/mol. The second-order valence-corrected chi connectivity index (χ2v) is 5.94. The van der Waals surface area contributed by atoms with E-state index in [-0.39, 0.29) is 18.2 Å². The van der Waals surface area contributed by atoms with Crippen LogP contribution in [0.3, 0.4) is 0 Å². The van der Waals surface area contributed by atoms with Crippen molar-refractivity contribution in [3.8, 4) is 23.3 Å². The predicted octanol–water partition coefficient (Wildman–Crippen LogP) is 2.75. The van der Waals surface area contributed by atoms with E-state index in [4.69, 9.17) is 10.00 Å². The summed E-state index contributed by atoms with van der Waals surface area (Å²) in [5, 5.41) is 11.5. The topological polar surface area (TPSA) is 101 Å². The molecule has 0 fully saturated rings. The normalized spacial score (nSPS) is 11.3. The van der Waals surface area contributed by atoms with Gasteiger partial charge in [0, 0.05) is 30.2 Å². The molecule has 1 atom stereocenters. The van der Waals surface area contributed by atoms with Gasteiger partial charge in [0.15, 0.2) is 5.82 Å². The van der Waals surface area contributed by atoms with E-state index in [0.717, 1.165) is 6.07 Å². The molecule has 2 aromatic heterocycles. The molecule has 140 valence electrons. The van der Waals surface area contributed by atoms with Crippen molar-refractivity contribution in [2.75, 3.05) is 6.61 Å². The van der Waals surface area contributed by atoms with Gasteiger partial charge in [-0.2, -0.15) is 5.26 Å². The highest BCUT2D eigenvalue weighted by Gasteiger charge is 2.18. The van der Waals surface area contributed by atoms with Crippen LogP contribution in [-0.4, -0.2) is 33.5 Å². The van der Waals surface area contributed by atoms with E-state index < -0.39 is 11.7 Å². The van der Waals surface area contributed by atoms with Gasteiger partial charge in [0.25, 0.3) is 5.91 Å².